The maximum absolute atomic E-state index is 6.56. The minimum Gasteiger partial charge on any atom is -0.369 e. The van der Waals surface area contributed by atoms with Crippen molar-refractivity contribution >= 4 is 11.6 Å². The molecule has 2 aliphatic rings. The molecular weight excluding hydrogens is 282 g/mol. The van der Waals surface area contributed by atoms with Crippen molar-refractivity contribution in [3.63, 3.8) is 0 Å². The lowest BCUT2D eigenvalue weighted by Gasteiger charge is -2.42. The number of nitrogens with two attached hydrogens (primary N) is 1. The molecule has 3 rings (SSSR count). The van der Waals surface area contributed by atoms with Gasteiger partial charge in [0.1, 0.15) is 0 Å². The predicted octanol–water partition coefficient (Wildman–Crippen LogP) is 4.91. The van der Waals surface area contributed by atoms with Crippen molar-refractivity contribution < 1.29 is 0 Å². The SMILES string of the molecule is Cc1ccccc1N=C(N)N(C1CCCCC1)C1CCCCC1. The molecule has 0 amide bonds. The van der Waals surface area contributed by atoms with Gasteiger partial charge in [0.2, 0.25) is 0 Å². The summed E-state index contributed by atoms with van der Waals surface area (Å²) in [4.78, 5) is 7.33. The molecule has 0 heterocycles. The lowest BCUT2D eigenvalue weighted by molar-refractivity contribution is 0.156. The van der Waals surface area contributed by atoms with Gasteiger partial charge < -0.3 is 10.6 Å². The van der Waals surface area contributed by atoms with Crippen LogP contribution in [0.25, 0.3) is 0 Å². The van der Waals surface area contributed by atoms with Gasteiger partial charge in [-0.1, -0.05) is 56.7 Å². The van der Waals surface area contributed by atoms with Crippen LogP contribution in [0.3, 0.4) is 0 Å². The Hall–Kier alpha value is -1.51. The van der Waals surface area contributed by atoms with Crippen LogP contribution in [-0.4, -0.2) is 22.9 Å². The Labute approximate surface area is 141 Å². The first-order valence-corrected chi connectivity index (χ1v) is 9.44. The van der Waals surface area contributed by atoms with E-state index in [1.807, 2.05) is 6.07 Å². The lowest BCUT2D eigenvalue weighted by atomic mass is 9.89. The van der Waals surface area contributed by atoms with Crippen molar-refractivity contribution in [1.29, 1.82) is 0 Å². The average molecular weight is 313 g/mol. The van der Waals surface area contributed by atoms with Crippen molar-refractivity contribution in [3.05, 3.63) is 29.8 Å². The van der Waals surface area contributed by atoms with Crippen molar-refractivity contribution in [2.24, 2.45) is 10.7 Å². The molecule has 3 heteroatoms. The van der Waals surface area contributed by atoms with Gasteiger partial charge >= 0.3 is 0 Å². The van der Waals surface area contributed by atoms with Crippen molar-refractivity contribution in [2.45, 2.75) is 83.2 Å². The smallest absolute Gasteiger partial charge is 0.197 e. The quantitative estimate of drug-likeness (QED) is 0.636. The van der Waals surface area contributed by atoms with Crippen LogP contribution in [0, 0.1) is 6.92 Å². The molecule has 0 aromatic heterocycles. The van der Waals surface area contributed by atoms with Crippen LogP contribution < -0.4 is 5.73 Å². The number of hydrogen-bond acceptors (Lipinski definition) is 1. The molecule has 1 aromatic carbocycles. The number of aryl methyl sites for hydroxylation is 1. The Morgan fingerprint density at radius 1 is 0.913 bits per heavy atom. The Bertz CT molecular complexity index is 507. The van der Waals surface area contributed by atoms with Gasteiger partial charge in [-0.3, -0.25) is 0 Å². The molecule has 0 spiro atoms. The molecule has 2 fully saturated rings. The lowest BCUT2D eigenvalue weighted by Crippen LogP contribution is -2.51. The second kappa shape index (κ2) is 7.85. The first-order valence-electron chi connectivity index (χ1n) is 9.44. The number of nitrogens with zero attached hydrogens (tertiary/aromatic N) is 2. The number of para-hydroxylation sites is 1. The fourth-order valence-electron chi connectivity index (χ4n) is 4.26. The molecule has 23 heavy (non-hydrogen) atoms. The highest BCUT2D eigenvalue weighted by atomic mass is 15.3. The van der Waals surface area contributed by atoms with E-state index in [4.69, 9.17) is 10.7 Å². The van der Waals surface area contributed by atoms with Gasteiger partial charge in [-0.25, -0.2) is 4.99 Å². The minimum atomic E-state index is 0.597. The normalized spacial score (nSPS) is 21.3. The molecule has 0 saturated heterocycles. The largest absolute Gasteiger partial charge is 0.369 e. The second-order valence-electron chi connectivity index (χ2n) is 7.25. The number of benzene rings is 1. The fraction of sp³-hybridized carbons (Fsp3) is 0.650. The zero-order chi connectivity index (χ0) is 16.1. The van der Waals surface area contributed by atoms with E-state index < -0.39 is 0 Å². The minimum absolute atomic E-state index is 0.597. The predicted molar refractivity (Wildman–Crippen MR) is 98.0 cm³/mol. The first kappa shape index (κ1) is 16.4. The summed E-state index contributed by atoms with van der Waals surface area (Å²) in [5.41, 5.74) is 8.77. The van der Waals surface area contributed by atoms with Gasteiger partial charge in [-0.05, 0) is 44.2 Å². The van der Waals surface area contributed by atoms with Crippen LogP contribution in [0.2, 0.25) is 0 Å². The van der Waals surface area contributed by atoms with Crippen LogP contribution >= 0.6 is 0 Å². The van der Waals surface area contributed by atoms with E-state index in [0.29, 0.717) is 12.1 Å². The molecule has 2 aliphatic carbocycles. The van der Waals surface area contributed by atoms with Crippen LogP contribution in [0.15, 0.2) is 29.3 Å². The molecular formula is C20H31N3. The molecule has 0 bridgehead atoms. The summed E-state index contributed by atoms with van der Waals surface area (Å²) in [5, 5.41) is 0. The van der Waals surface area contributed by atoms with Gasteiger partial charge in [0.25, 0.3) is 0 Å². The third-order valence-corrected chi connectivity index (χ3v) is 5.55. The monoisotopic (exact) mass is 313 g/mol. The van der Waals surface area contributed by atoms with Crippen molar-refractivity contribution in [2.75, 3.05) is 0 Å². The van der Waals surface area contributed by atoms with Crippen LogP contribution in [-0.2, 0) is 0 Å². The Morgan fingerprint density at radius 3 is 1.96 bits per heavy atom. The van der Waals surface area contributed by atoms with Crippen LogP contribution in [0.5, 0.6) is 0 Å². The molecule has 0 aliphatic heterocycles. The molecule has 2 N–H and O–H groups in total. The third kappa shape index (κ3) is 4.07. The van der Waals surface area contributed by atoms with Crippen molar-refractivity contribution in [3.8, 4) is 0 Å². The maximum Gasteiger partial charge on any atom is 0.197 e. The first-order chi connectivity index (χ1) is 11.3. The van der Waals surface area contributed by atoms with E-state index in [2.05, 4.69) is 30.0 Å². The zero-order valence-electron chi connectivity index (χ0n) is 14.5. The Kier molecular flexibility index (Phi) is 5.58. The van der Waals surface area contributed by atoms with Crippen LogP contribution in [0.1, 0.15) is 69.8 Å². The standard InChI is InChI=1S/C20H31N3/c1-16-10-8-9-15-19(16)22-20(21)23(17-11-4-2-5-12-17)18-13-6-3-7-14-18/h8-10,15,17-18H,2-7,11-14H2,1H3,(H2,21,22). The average Bonchev–Trinajstić information content (AvgIpc) is 2.59. The number of guanidine groups is 1. The Morgan fingerprint density at radius 2 is 1.43 bits per heavy atom. The second-order valence-corrected chi connectivity index (χ2v) is 7.25. The molecule has 1 aromatic rings. The highest BCUT2D eigenvalue weighted by Crippen LogP contribution is 2.30. The van der Waals surface area contributed by atoms with E-state index in [0.717, 1.165) is 11.6 Å². The summed E-state index contributed by atoms with van der Waals surface area (Å²) < 4.78 is 0. The summed E-state index contributed by atoms with van der Waals surface area (Å²) in [5.74, 6) is 0.748. The summed E-state index contributed by atoms with van der Waals surface area (Å²) in [6.45, 7) is 2.11. The van der Waals surface area contributed by atoms with Gasteiger partial charge in [-0.15, -0.1) is 0 Å². The topological polar surface area (TPSA) is 41.6 Å². The maximum atomic E-state index is 6.56. The molecule has 0 atom stereocenters. The van der Waals surface area contributed by atoms with E-state index >= 15 is 0 Å². The molecule has 2 saturated carbocycles. The van der Waals surface area contributed by atoms with Gasteiger partial charge in [0, 0.05) is 12.1 Å². The third-order valence-electron chi connectivity index (χ3n) is 5.55. The van der Waals surface area contributed by atoms with E-state index in [9.17, 15) is 0 Å². The number of rotatable bonds is 3. The number of aliphatic imine (C=N–C) groups is 1. The van der Waals surface area contributed by atoms with Gasteiger partial charge in [0.15, 0.2) is 5.96 Å². The molecule has 3 nitrogen and oxygen atoms in total. The van der Waals surface area contributed by atoms with Gasteiger partial charge in [0.05, 0.1) is 5.69 Å². The fourth-order valence-corrected chi connectivity index (χ4v) is 4.26. The van der Waals surface area contributed by atoms with Crippen molar-refractivity contribution in [1.82, 2.24) is 4.90 Å². The highest BCUT2D eigenvalue weighted by Gasteiger charge is 2.30. The Balaban J connectivity index is 1.85. The number of hydrogen-bond donors (Lipinski definition) is 1. The summed E-state index contributed by atoms with van der Waals surface area (Å²) in [6.07, 6.45) is 13.2. The summed E-state index contributed by atoms with van der Waals surface area (Å²) in [7, 11) is 0. The molecule has 0 radical (unpaired) electrons. The molecule has 126 valence electrons. The summed E-state index contributed by atoms with van der Waals surface area (Å²) in [6, 6.07) is 9.48. The van der Waals surface area contributed by atoms with E-state index in [1.54, 1.807) is 0 Å². The van der Waals surface area contributed by atoms with E-state index in [-0.39, 0.29) is 0 Å². The zero-order valence-corrected chi connectivity index (χ0v) is 14.5. The summed E-state index contributed by atoms with van der Waals surface area (Å²) >= 11 is 0. The van der Waals surface area contributed by atoms with Crippen LogP contribution in [0.4, 0.5) is 5.69 Å². The van der Waals surface area contributed by atoms with Gasteiger partial charge in [-0.2, -0.15) is 0 Å². The molecule has 0 unspecified atom stereocenters. The highest BCUT2D eigenvalue weighted by molar-refractivity contribution is 5.82. The van der Waals surface area contributed by atoms with E-state index in [1.165, 1.54) is 69.8 Å².